The number of rotatable bonds is 5. The molecule has 0 bridgehead atoms. The molecule has 10 heteroatoms. The van der Waals surface area contributed by atoms with Gasteiger partial charge >= 0.3 is 5.69 Å². The van der Waals surface area contributed by atoms with E-state index in [1.165, 1.54) is 6.08 Å². The molecule has 2 rings (SSSR count). The summed E-state index contributed by atoms with van der Waals surface area (Å²) in [6.45, 7) is 2.30. The lowest BCUT2D eigenvalue weighted by atomic mass is 10.1. The fourth-order valence-electron chi connectivity index (χ4n) is 1.96. The summed E-state index contributed by atoms with van der Waals surface area (Å²) >= 11 is 5.88. The Morgan fingerprint density at radius 1 is 1.64 bits per heavy atom. The molecule has 0 amide bonds. The molecule has 0 aromatic carbocycles. The highest BCUT2D eigenvalue weighted by Gasteiger charge is 2.56. The van der Waals surface area contributed by atoms with Crippen molar-refractivity contribution in [2.75, 3.05) is 13.2 Å². The van der Waals surface area contributed by atoms with E-state index in [0.717, 1.165) is 6.20 Å². The Bertz CT molecular complexity index is 626. The molecule has 0 spiro atoms. The second-order valence-electron chi connectivity index (χ2n) is 4.57. The van der Waals surface area contributed by atoms with E-state index in [1.54, 1.807) is 0 Å². The molecule has 0 saturated carbocycles. The van der Waals surface area contributed by atoms with Crippen LogP contribution in [0.5, 0.6) is 5.88 Å². The van der Waals surface area contributed by atoms with Gasteiger partial charge in [0.15, 0.2) is 6.23 Å². The van der Waals surface area contributed by atoms with Crippen LogP contribution in [-0.2, 0) is 4.74 Å². The van der Waals surface area contributed by atoms with Gasteiger partial charge in [0, 0.05) is 6.20 Å². The average Bonchev–Trinajstić information content (AvgIpc) is 2.73. The van der Waals surface area contributed by atoms with Gasteiger partial charge in [0.25, 0.3) is 5.85 Å². The van der Waals surface area contributed by atoms with Gasteiger partial charge < -0.3 is 24.8 Å². The van der Waals surface area contributed by atoms with Gasteiger partial charge in [-0.3, -0.25) is 4.57 Å². The first-order chi connectivity index (χ1) is 10.3. The van der Waals surface area contributed by atoms with Crippen LogP contribution in [0.4, 0.5) is 4.39 Å². The highest BCUT2D eigenvalue weighted by molar-refractivity contribution is 6.31. The van der Waals surface area contributed by atoms with E-state index >= 15 is 0 Å². The van der Waals surface area contributed by atoms with Crippen molar-refractivity contribution in [1.29, 1.82) is 0 Å². The summed E-state index contributed by atoms with van der Waals surface area (Å²) in [5, 5.41) is 28.2. The number of aliphatic hydroxyl groups excluding tert-OH is 3. The van der Waals surface area contributed by atoms with E-state index in [4.69, 9.17) is 26.2 Å². The SMILES string of the molecule is C=CCOc1nc(=O)n([C@@H]2O[C@](F)(CO)[C@@H](O)[C@H]2O)cc1Cl. The summed E-state index contributed by atoms with van der Waals surface area (Å²) in [5.74, 6) is -3.06. The molecule has 8 nitrogen and oxygen atoms in total. The van der Waals surface area contributed by atoms with Gasteiger partial charge in [-0.2, -0.15) is 4.98 Å². The molecule has 0 unspecified atom stereocenters. The maximum atomic E-state index is 14.0. The van der Waals surface area contributed by atoms with Crippen LogP contribution in [0, 0.1) is 0 Å². The zero-order valence-corrected chi connectivity index (χ0v) is 12.0. The van der Waals surface area contributed by atoms with Gasteiger partial charge in [-0.05, 0) is 0 Å². The number of hydrogen-bond donors (Lipinski definition) is 3. The van der Waals surface area contributed by atoms with E-state index in [2.05, 4.69) is 11.6 Å². The molecular weight excluding hydrogens is 323 g/mol. The lowest BCUT2D eigenvalue weighted by Gasteiger charge is -2.20. The van der Waals surface area contributed by atoms with E-state index < -0.39 is 36.6 Å². The zero-order valence-electron chi connectivity index (χ0n) is 11.2. The summed E-state index contributed by atoms with van der Waals surface area (Å²) in [7, 11) is 0. The normalized spacial score (nSPS) is 31.2. The third kappa shape index (κ3) is 2.85. The van der Waals surface area contributed by atoms with Crippen LogP contribution in [0.3, 0.4) is 0 Å². The van der Waals surface area contributed by atoms with Crippen molar-refractivity contribution in [3.63, 3.8) is 0 Å². The third-order valence-corrected chi connectivity index (χ3v) is 3.34. The molecule has 0 radical (unpaired) electrons. The fourth-order valence-corrected chi connectivity index (χ4v) is 2.16. The number of aliphatic hydroxyl groups is 3. The van der Waals surface area contributed by atoms with Crippen molar-refractivity contribution in [3.8, 4) is 5.88 Å². The molecule has 1 aliphatic heterocycles. The van der Waals surface area contributed by atoms with E-state index in [1.807, 2.05) is 0 Å². The Hall–Kier alpha value is -1.52. The maximum Gasteiger partial charge on any atom is 0.353 e. The predicted octanol–water partition coefficient (Wildman–Crippen LogP) is -0.630. The standard InChI is InChI=1S/C12H14ClFN2O6/c1-2-3-21-9-6(13)4-16(11(20)15-9)10-7(18)8(19)12(14,5-17)22-10/h2,4,7-8,10,17-19H,1,3,5H2/t7-,8+,10-,12-/m1/s1. The Kier molecular flexibility index (Phi) is 4.83. The molecule has 2 heterocycles. The van der Waals surface area contributed by atoms with Crippen LogP contribution in [0.1, 0.15) is 6.23 Å². The van der Waals surface area contributed by atoms with Crippen LogP contribution in [0.2, 0.25) is 5.02 Å². The number of ether oxygens (including phenoxy) is 2. The van der Waals surface area contributed by atoms with Gasteiger partial charge in [-0.15, -0.1) is 0 Å². The molecule has 22 heavy (non-hydrogen) atoms. The smallest absolute Gasteiger partial charge is 0.353 e. The monoisotopic (exact) mass is 336 g/mol. The first-order valence-electron chi connectivity index (χ1n) is 6.20. The van der Waals surface area contributed by atoms with Crippen molar-refractivity contribution < 1.29 is 29.2 Å². The molecular formula is C12H14ClFN2O6. The molecule has 1 aromatic rings. The van der Waals surface area contributed by atoms with Crippen molar-refractivity contribution in [2.45, 2.75) is 24.3 Å². The summed E-state index contributed by atoms with van der Waals surface area (Å²) in [6, 6.07) is 0. The molecule has 0 aliphatic carbocycles. The number of halogens is 2. The lowest BCUT2D eigenvalue weighted by Crippen LogP contribution is -2.42. The van der Waals surface area contributed by atoms with Crippen molar-refractivity contribution in [1.82, 2.24) is 9.55 Å². The van der Waals surface area contributed by atoms with Crippen molar-refractivity contribution in [2.24, 2.45) is 0 Å². The number of hydrogen-bond acceptors (Lipinski definition) is 7. The first-order valence-corrected chi connectivity index (χ1v) is 6.58. The van der Waals surface area contributed by atoms with E-state index in [-0.39, 0.29) is 17.5 Å². The van der Waals surface area contributed by atoms with Gasteiger partial charge in [0.1, 0.15) is 30.4 Å². The lowest BCUT2D eigenvalue weighted by molar-refractivity contribution is -0.207. The largest absolute Gasteiger partial charge is 0.472 e. The highest BCUT2D eigenvalue weighted by atomic mass is 35.5. The van der Waals surface area contributed by atoms with Gasteiger partial charge in [-0.1, -0.05) is 24.3 Å². The molecule has 1 aromatic heterocycles. The quantitative estimate of drug-likeness (QED) is 0.613. The summed E-state index contributed by atoms with van der Waals surface area (Å²) in [4.78, 5) is 15.5. The Labute approximate surface area is 129 Å². The zero-order chi connectivity index (χ0) is 16.5. The molecule has 122 valence electrons. The third-order valence-electron chi connectivity index (χ3n) is 3.08. The minimum Gasteiger partial charge on any atom is -0.472 e. The highest BCUT2D eigenvalue weighted by Crippen LogP contribution is 2.37. The number of nitrogens with zero attached hydrogens (tertiary/aromatic N) is 2. The van der Waals surface area contributed by atoms with Crippen LogP contribution in [-0.4, -0.2) is 56.1 Å². The van der Waals surface area contributed by atoms with Crippen LogP contribution < -0.4 is 10.4 Å². The topological polar surface area (TPSA) is 114 Å². The molecule has 3 N–H and O–H groups in total. The number of alkyl halides is 1. The Balaban J connectivity index is 2.36. The molecule has 1 aliphatic rings. The maximum absolute atomic E-state index is 14.0. The van der Waals surface area contributed by atoms with Gasteiger partial charge in [0.05, 0.1) is 0 Å². The molecule has 4 atom stereocenters. The van der Waals surface area contributed by atoms with Crippen LogP contribution in [0.15, 0.2) is 23.6 Å². The number of aromatic nitrogens is 2. The Morgan fingerprint density at radius 3 is 2.86 bits per heavy atom. The van der Waals surface area contributed by atoms with E-state index in [9.17, 15) is 19.4 Å². The second-order valence-corrected chi connectivity index (χ2v) is 4.98. The first kappa shape index (κ1) is 16.8. The fraction of sp³-hybridized carbons (Fsp3) is 0.500. The minimum absolute atomic E-state index is 0.0650. The minimum atomic E-state index is -2.89. The Morgan fingerprint density at radius 2 is 2.32 bits per heavy atom. The summed E-state index contributed by atoms with van der Waals surface area (Å²) in [6.07, 6.45) is -2.99. The second kappa shape index (κ2) is 6.31. The molecule has 1 saturated heterocycles. The summed E-state index contributed by atoms with van der Waals surface area (Å²) in [5.41, 5.74) is -0.943. The van der Waals surface area contributed by atoms with E-state index in [0.29, 0.717) is 4.57 Å². The average molecular weight is 337 g/mol. The van der Waals surface area contributed by atoms with Crippen molar-refractivity contribution >= 4 is 11.6 Å². The van der Waals surface area contributed by atoms with Crippen LogP contribution >= 0.6 is 11.6 Å². The van der Waals surface area contributed by atoms with Crippen LogP contribution in [0.25, 0.3) is 0 Å². The van der Waals surface area contributed by atoms with Gasteiger partial charge in [0.2, 0.25) is 5.88 Å². The van der Waals surface area contributed by atoms with Gasteiger partial charge in [-0.25, -0.2) is 9.18 Å². The molecule has 1 fully saturated rings. The predicted molar refractivity (Wildman–Crippen MR) is 72.3 cm³/mol. The summed E-state index contributed by atoms with van der Waals surface area (Å²) < 4.78 is 24.5. The van der Waals surface area contributed by atoms with Crippen molar-refractivity contribution in [3.05, 3.63) is 34.4 Å².